The van der Waals surface area contributed by atoms with Gasteiger partial charge < -0.3 is 20.9 Å². The van der Waals surface area contributed by atoms with Crippen molar-refractivity contribution in [3.05, 3.63) is 0 Å². The molecular formula is C8H18N2O2. The van der Waals surface area contributed by atoms with Crippen molar-refractivity contribution in [2.24, 2.45) is 17.4 Å². The summed E-state index contributed by atoms with van der Waals surface area (Å²) in [5, 5.41) is 0. The first-order valence-corrected chi connectivity index (χ1v) is 4.40. The van der Waals surface area contributed by atoms with Gasteiger partial charge >= 0.3 is 0 Å². The van der Waals surface area contributed by atoms with E-state index in [0.717, 1.165) is 0 Å². The molecule has 0 aliphatic carbocycles. The molecule has 1 heterocycles. The fraction of sp³-hybridized carbons (Fsp3) is 1.00. The Morgan fingerprint density at radius 3 is 1.75 bits per heavy atom. The van der Waals surface area contributed by atoms with E-state index in [1.54, 1.807) is 0 Å². The van der Waals surface area contributed by atoms with E-state index < -0.39 is 0 Å². The first-order valence-electron chi connectivity index (χ1n) is 4.40. The van der Waals surface area contributed by atoms with Crippen LogP contribution in [0.4, 0.5) is 0 Å². The van der Waals surface area contributed by atoms with Crippen molar-refractivity contribution in [3.63, 3.8) is 0 Å². The van der Waals surface area contributed by atoms with Crippen LogP contribution in [0.1, 0.15) is 13.8 Å². The van der Waals surface area contributed by atoms with Gasteiger partial charge in [0.05, 0.1) is 0 Å². The third-order valence-electron chi connectivity index (χ3n) is 2.04. The van der Waals surface area contributed by atoms with Crippen LogP contribution < -0.4 is 11.5 Å². The van der Waals surface area contributed by atoms with Crippen LogP contribution in [0.2, 0.25) is 0 Å². The van der Waals surface area contributed by atoms with Gasteiger partial charge in [-0.25, -0.2) is 0 Å². The van der Waals surface area contributed by atoms with Gasteiger partial charge in [-0.05, 0) is 0 Å². The largest absolute Gasteiger partial charge is 0.345 e. The molecule has 4 heteroatoms. The lowest BCUT2D eigenvalue weighted by Gasteiger charge is -2.13. The summed E-state index contributed by atoms with van der Waals surface area (Å²) in [4.78, 5) is 0. The molecule has 12 heavy (non-hydrogen) atoms. The van der Waals surface area contributed by atoms with E-state index in [-0.39, 0.29) is 18.5 Å². The molecule has 0 aromatic rings. The second-order valence-corrected chi connectivity index (χ2v) is 3.43. The molecule has 1 fully saturated rings. The molecule has 4 nitrogen and oxygen atoms in total. The van der Waals surface area contributed by atoms with E-state index in [1.807, 2.05) is 0 Å². The second kappa shape index (κ2) is 4.18. The molecule has 1 aliphatic rings. The summed E-state index contributed by atoms with van der Waals surface area (Å²) in [7, 11) is 0. The highest BCUT2D eigenvalue weighted by Crippen LogP contribution is 2.22. The molecule has 0 amide bonds. The molecule has 1 aliphatic heterocycles. The van der Waals surface area contributed by atoms with Crippen LogP contribution in [0, 0.1) is 5.92 Å². The zero-order valence-corrected chi connectivity index (χ0v) is 7.69. The fourth-order valence-electron chi connectivity index (χ4n) is 1.28. The second-order valence-electron chi connectivity index (χ2n) is 3.43. The van der Waals surface area contributed by atoms with Gasteiger partial charge in [-0.2, -0.15) is 0 Å². The minimum atomic E-state index is -0.132. The zero-order chi connectivity index (χ0) is 9.14. The van der Waals surface area contributed by atoms with Crippen molar-refractivity contribution in [3.8, 4) is 0 Å². The third kappa shape index (κ3) is 1.95. The molecule has 0 aromatic heterocycles. The number of nitrogens with two attached hydrogens (primary N) is 2. The maximum Gasteiger partial charge on any atom is 0.160 e. The smallest absolute Gasteiger partial charge is 0.160 e. The summed E-state index contributed by atoms with van der Waals surface area (Å²) in [5.74, 6) is 0.357. The fourth-order valence-corrected chi connectivity index (χ4v) is 1.28. The van der Waals surface area contributed by atoms with Crippen LogP contribution in [0.3, 0.4) is 0 Å². The Labute approximate surface area is 73.2 Å². The molecule has 4 N–H and O–H groups in total. The Hall–Kier alpha value is -0.160. The van der Waals surface area contributed by atoms with Gasteiger partial charge in [-0.3, -0.25) is 0 Å². The highest BCUT2D eigenvalue weighted by atomic mass is 16.7. The van der Waals surface area contributed by atoms with Crippen molar-refractivity contribution >= 4 is 0 Å². The summed E-state index contributed by atoms with van der Waals surface area (Å²) in [5.41, 5.74) is 11.0. The summed E-state index contributed by atoms with van der Waals surface area (Å²) >= 11 is 0. The normalized spacial score (nSPS) is 36.2. The van der Waals surface area contributed by atoms with Gasteiger partial charge in [0.1, 0.15) is 12.2 Å². The van der Waals surface area contributed by atoms with Crippen LogP contribution in [-0.2, 0) is 9.47 Å². The Morgan fingerprint density at radius 2 is 1.50 bits per heavy atom. The van der Waals surface area contributed by atoms with Crippen LogP contribution in [0.15, 0.2) is 0 Å². The molecule has 2 atom stereocenters. The number of hydrogen-bond acceptors (Lipinski definition) is 4. The summed E-state index contributed by atoms with van der Waals surface area (Å²) < 4.78 is 11.1. The van der Waals surface area contributed by atoms with E-state index in [1.165, 1.54) is 0 Å². The van der Waals surface area contributed by atoms with Gasteiger partial charge in [0.25, 0.3) is 0 Å². The van der Waals surface area contributed by atoms with E-state index in [9.17, 15) is 0 Å². The maximum atomic E-state index is 5.55. The van der Waals surface area contributed by atoms with E-state index in [2.05, 4.69) is 13.8 Å². The van der Waals surface area contributed by atoms with Crippen molar-refractivity contribution in [2.45, 2.75) is 32.3 Å². The van der Waals surface area contributed by atoms with Crippen LogP contribution in [-0.4, -0.2) is 31.6 Å². The molecule has 0 bridgehead atoms. The van der Waals surface area contributed by atoms with Crippen molar-refractivity contribution in [1.82, 2.24) is 0 Å². The molecule has 2 unspecified atom stereocenters. The summed E-state index contributed by atoms with van der Waals surface area (Å²) in [6.45, 7) is 5.06. The summed E-state index contributed by atoms with van der Waals surface area (Å²) in [6, 6.07) is 0. The van der Waals surface area contributed by atoms with E-state index in [4.69, 9.17) is 20.9 Å². The first kappa shape index (κ1) is 9.92. The Balaban J connectivity index is 2.47. The Morgan fingerprint density at radius 1 is 1.08 bits per heavy atom. The molecule has 1 saturated heterocycles. The third-order valence-corrected chi connectivity index (χ3v) is 2.04. The topological polar surface area (TPSA) is 70.5 Å². The number of rotatable bonds is 3. The average molecular weight is 174 g/mol. The Kier molecular flexibility index (Phi) is 3.46. The van der Waals surface area contributed by atoms with Crippen LogP contribution in [0.5, 0.6) is 0 Å². The molecule has 0 spiro atoms. The minimum absolute atomic E-state index is 0.0256. The lowest BCUT2D eigenvalue weighted by atomic mass is 10.2. The SMILES string of the molecule is CC(C)C1OC(CN)C(CN)O1. The predicted molar refractivity (Wildman–Crippen MR) is 46.5 cm³/mol. The molecular weight excluding hydrogens is 156 g/mol. The average Bonchev–Trinajstić information content (AvgIpc) is 2.46. The molecule has 0 radical (unpaired) electrons. The van der Waals surface area contributed by atoms with Gasteiger partial charge in [-0.1, -0.05) is 13.8 Å². The predicted octanol–water partition coefficient (Wildman–Crippen LogP) is -0.330. The van der Waals surface area contributed by atoms with E-state index in [0.29, 0.717) is 19.0 Å². The first-order chi connectivity index (χ1) is 5.69. The molecule has 0 aromatic carbocycles. The lowest BCUT2D eigenvalue weighted by molar-refractivity contribution is -0.0934. The van der Waals surface area contributed by atoms with Gasteiger partial charge in [0.15, 0.2) is 6.29 Å². The minimum Gasteiger partial charge on any atom is -0.345 e. The monoisotopic (exact) mass is 174 g/mol. The van der Waals surface area contributed by atoms with Crippen molar-refractivity contribution < 1.29 is 9.47 Å². The number of hydrogen-bond donors (Lipinski definition) is 2. The Bertz CT molecular complexity index is 129. The standard InChI is InChI=1S/C8H18N2O2/c1-5(2)8-11-6(3-9)7(4-10)12-8/h5-8H,3-4,9-10H2,1-2H3. The van der Waals surface area contributed by atoms with E-state index >= 15 is 0 Å². The molecule has 72 valence electrons. The lowest BCUT2D eigenvalue weighted by Crippen LogP contribution is -2.35. The highest BCUT2D eigenvalue weighted by Gasteiger charge is 2.35. The quantitative estimate of drug-likeness (QED) is 0.614. The van der Waals surface area contributed by atoms with Crippen LogP contribution >= 0.6 is 0 Å². The maximum absolute atomic E-state index is 5.55. The molecule has 0 saturated carbocycles. The van der Waals surface area contributed by atoms with Crippen molar-refractivity contribution in [1.29, 1.82) is 0 Å². The van der Waals surface area contributed by atoms with Gasteiger partial charge in [0.2, 0.25) is 0 Å². The summed E-state index contributed by atoms with van der Waals surface area (Å²) in [6.07, 6.45) is -0.183. The van der Waals surface area contributed by atoms with Gasteiger partial charge in [-0.15, -0.1) is 0 Å². The van der Waals surface area contributed by atoms with Gasteiger partial charge in [0, 0.05) is 19.0 Å². The zero-order valence-electron chi connectivity index (χ0n) is 7.69. The highest BCUT2D eigenvalue weighted by molar-refractivity contribution is 4.79. The van der Waals surface area contributed by atoms with Crippen LogP contribution in [0.25, 0.3) is 0 Å². The number of ether oxygens (including phenoxy) is 2. The molecule has 1 rings (SSSR count). The van der Waals surface area contributed by atoms with Crippen molar-refractivity contribution in [2.75, 3.05) is 13.1 Å².